The van der Waals surface area contributed by atoms with Gasteiger partial charge in [-0.1, -0.05) is 0 Å². The van der Waals surface area contributed by atoms with Gasteiger partial charge in [0, 0.05) is 34.1 Å². The second-order valence-corrected chi connectivity index (χ2v) is 9.08. The third kappa shape index (κ3) is 6.43. The lowest BCUT2D eigenvalue weighted by atomic mass is 9.99. The highest BCUT2D eigenvalue weighted by Gasteiger charge is 2.54. The second-order valence-electron chi connectivity index (χ2n) is 7.74. The highest BCUT2D eigenvalue weighted by atomic mass is 32.2. The van der Waals surface area contributed by atoms with E-state index in [1.165, 1.54) is 6.92 Å². The third-order valence-electron chi connectivity index (χ3n) is 5.03. The summed E-state index contributed by atoms with van der Waals surface area (Å²) >= 11 is 1.10. The summed E-state index contributed by atoms with van der Waals surface area (Å²) < 4.78 is 38.4. The predicted octanol–water partition coefficient (Wildman–Crippen LogP) is -0.114. The summed E-state index contributed by atoms with van der Waals surface area (Å²) in [5, 5.41) is -0.503. The van der Waals surface area contributed by atoms with Crippen molar-refractivity contribution in [3.63, 3.8) is 0 Å². The van der Waals surface area contributed by atoms with E-state index in [9.17, 15) is 24.0 Å². The quantitative estimate of drug-likeness (QED) is 0.345. The molecule has 0 radical (unpaired) electrons. The Balaban J connectivity index is 1.91. The summed E-state index contributed by atoms with van der Waals surface area (Å²) in [5.74, 6) is -2.86. The van der Waals surface area contributed by atoms with Crippen LogP contribution in [0.5, 0.6) is 0 Å². The second kappa shape index (κ2) is 10.8. The van der Waals surface area contributed by atoms with Crippen LogP contribution >= 0.6 is 11.8 Å². The molecular weight excluding hydrogens is 464 g/mol. The van der Waals surface area contributed by atoms with Gasteiger partial charge < -0.3 is 33.2 Å². The van der Waals surface area contributed by atoms with Crippen molar-refractivity contribution in [3.05, 3.63) is 0 Å². The zero-order valence-electron chi connectivity index (χ0n) is 18.5. The van der Waals surface area contributed by atoms with Gasteiger partial charge in [0.15, 0.2) is 30.4 Å². The van der Waals surface area contributed by atoms with E-state index in [1.54, 1.807) is 0 Å². The fourth-order valence-corrected chi connectivity index (χ4v) is 5.24. The number of thioether (sulfide) groups is 1. The fourth-order valence-electron chi connectivity index (χ4n) is 3.80. The van der Waals surface area contributed by atoms with Gasteiger partial charge in [-0.25, -0.2) is 0 Å². The molecule has 3 fully saturated rings. The molecule has 12 nitrogen and oxygen atoms in total. The maximum Gasteiger partial charge on any atom is 0.303 e. The van der Waals surface area contributed by atoms with Crippen molar-refractivity contribution in [2.75, 3.05) is 13.2 Å². The molecule has 3 aliphatic rings. The highest BCUT2D eigenvalue weighted by molar-refractivity contribution is 8.00. The first kappa shape index (κ1) is 25.4. The number of fused-ring (bicyclic) bond motifs is 2. The average molecular weight is 490 g/mol. The Morgan fingerprint density at radius 2 is 1.48 bits per heavy atom. The largest absolute Gasteiger partial charge is 0.463 e. The van der Waals surface area contributed by atoms with Crippen molar-refractivity contribution in [2.45, 2.75) is 81.6 Å². The lowest BCUT2D eigenvalue weighted by molar-refractivity contribution is -0.237. The van der Waals surface area contributed by atoms with Gasteiger partial charge in [0.25, 0.3) is 0 Å². The highest BCUT2D eigenvalue weighted by Crippen LogP contribution is 2.41. The number of Topliss-reactive ketones (excluding diaryl/α,β-unsaturated/α-hetero) is 1. The van der Waals surface area contributed by atoms with Crippen LogP contribution in [0.25, 0.3) is 0 Å². The topological polar surface area (TPSA) is 150 Å². The number of hydrogen-bond acceptors (Lipinski definition) is 13. The zero-order valence-corrected chi connectivity index (χ0v) is 19.4. The molecule has 0 aromatic rings. The van der Waals surface area contributed by atoms with Gasteiger partial charge in [-0.2, -0.15) is 0 Å². The standard InChI is InChI=1S/C20H26O12S/c1-8(21)26-7-14-16(28-9(2)22)17(29-10(3)23)18(30-11(4)24)20(32-14)33-15-5-12(25)13-6-27-19(15)31-13/h13-20H,5-7H2,1-4H3/t13-,14-,15-,16+,17+,18-,19-,20+/m1/s1. The van der Waals surface area contributed by atoms with Crippen LogP contribution in [-0.2, 0) is 57.1 Å². The lowest BCUT2D eigenvalue weighted by Gasteiger charge is -2.45. The first-order chi connectivity index (χ1) is 15.5. The number of hydrogen-bond donors (Lipinski definition) is 0. The number of carbonyl (C=O) groups excluding carboxylic acids is 5. The van der Waals surface area contributed by atoms with Crippen LogP contribution in [-0.4, -0.2) is 90.4 Å². The summed E-state index contributed by atoms with van der Waals surface area (Å²) in [6, 6.07) is 0. The van der Waals surface area contributed by atoms with E-state index in [2.05, 4.69) is 0 Å². The van der Waals surface area contributed by atoms with Crippen molar-refractivity contribution >= 4 is 41.4 Å². The van der Waals surface area contributed by atoms with Gasteiger partial charge >= 0.3 is 23.9 Å². The number of ketones is 1. The van der Waals surface area contributed by atoms with Crippen LogP contribution in [0.1, 0.15) is 34.1 Å². The van der Waals surface area contributed by atoms with E-state index in [-0.39, 0.29) is 25.4 Å². The molecular formula is C20H26O12S. The van der Waals surface area contributed by atoms with E-state index in [4.69, 9.17) is 33.2 Å². The van der Waals surface area contributed by atoms with Crippen LogP contribution in [0.3, 0.4) is 0 Å². The van der Waals surface area contributed by atoms with Crippen molar-refractivity contribution < 1.29 is 57.1 Å². The zero-order chi connectivity index (χ0) is 24.3. The maximum atomic E-state index is 12.3. The molecule has 0 aromatic carbocycles. The Hall–Kier alpha value is -2.22. The van der Waals surface area contributed by atoms with Gasteiger partial charge in [0.2, 0.25) is 0 Å². The van der Waals surface area contributed by atoms with Gasteiger partial charge in [0.1, 0.15) is 24.3 Å². The number of rotatable bonds is 7. The van der Waals surface area contributed by atoms with Crippen LogP contribution in [0.2, 0.25) is 0 Å². The molecule has 3 heterocycles. The number of esters is 4. The summed E-state index contributed by atoms with van der Waals surface area (Å²) in [7, 11) is 0. The smallest absolute Gasteiger partial charge is 0.303 e. The maximum absolute atomic E-state index is 12.3. The average Bonchev–Trinajstić information content (AvgIpc) is 3.14. The number of carbonyl (C=O) groups is 5. The van der Waals surface area contributed by atoms with Gasteiger partial charge in [-0.3, -0.25) is 24.0 Å². The molecule has 8 atom stereocenters. The van der Waals surface area contributed by atoms with Crippen molar-refractivity contribution in [1.82, 2.24) is 0 Å². The van der Waals surface area contributed by atoms with E-state index in [1.807, 2.05) is 0 Å². The Kier molecular flexibility index (Phi) is 8.32. The van der Waals surface area contributed by atoms with Crippen LogP contribution < -0.4 is 0 Å². The van der Waals surface area contributed by atoms with Crippen molar-refractivity contribution in [3.8, 4) is 0 Å². The molecule has 0 aliphatic carbocycles. The van der Waals surface area contributed by atoms with Gasteiger partial charge in [-0.15, -0.1) is 11.8 Å². The SMILES string of the molecule is CC(=O)OC[C@H]1O[C@@H](S[C@@H]2CC(=O)[C@H]3CO[C@@H]2O3)[C@H](OC(C)=O)[C@@H](OC(C)=O)[C@H]1OC(C)=O. The molecule has 3 saturated heterocycles. The van der Waals surface area contributed by atoms with Gasteiger partial charge in [-0.05, 0) is 0 Å². The molecule has 184 valence electrons. The van der Waals surface area contributed by atoms with Crippen molar-refractivity contribution in [2.24, 2.45) is 0 Å². The minimum atomic E-state index is -1.26. The van der Waals surface area contributed by atoms with Crippen LogP contribution in [0.4, 0.5) is 0 Å². The molecule has 13 heteroatoms. The van der Waals surface area contributed by atoms with E-state index < -0.39 is 71.4 Å². The molecule has 33 heavy (non-hydrogen) atoms. The third-order valence-corrected chi connectivity index (χ3v) is 6.42. The molecule has 0 aromatic heterocycles. The Morgan fingerprint density at radius 1 is 0.879 bits per heavy atom. The molecule has 0 unspecified atom stereocenters. The fraction of sp³-hybridized carbons (Fsp3) is 0.750. The Labute approximate surface area is 193 Å². The molecule has 0 N–H and O–H groups in total. The van der Waals surface area contributed by atoms with E-state index in [0.29, 0.717) is 0 Å². The van der Waals surface area contributed by atoms with E-state index >= 15 is 0 Å². The van der Waals surface area contributed by atoms with Gasteiger partial charge in [0.05, 0.1) is 11.9 Å². The van der Waals surface area contributed by atoms with E-state index in [0.717, 1.165) is 32.5 Å². The first-order valence-corrected chi connectivity index (χ1v) is 11.2. The molecule has 3 rings (SSSR count). The summed E-state index contributed by atoms with van der Waals surface area (Å²) in [5.41, 5.74) is -0.993. The minimum absolute atomic E-state index is 0.132. The summed E-state index contributed by atoms with van der Waals surface area (Å²) in [6.45, 7) is 4.48. The predicted molar refractivity (Wildman–Crippen MR) is 108 cm³/mol. The van der Waals surface area contributed by atoms with Crippen molar-refractivity contribution in [1.29, 1.82) is 0 Å². The first-order valence-electron chi connectivity index (χ1n) is 10.3. The summed E-state index contributed by atoms with van der Waals surface area (Å²) in [6.07, 6.45) is -5.91. The normalized spacial score (nSPS) is 35.5. The Bertz CT molecular complexity index is 800. The molecule has 0 saturated carbocycles. The summed E-state index contributed by atoms with van der Waals surface area (Å²) in [4.78, 5) is 59.2. The molecule has 0 amide bonds. The molecule has 3 aliphatic heterocycles. The van der Waals surface area contributed by atoms with Crippen LogP contribution in [0, 0.1) is 0 Å². The number of ether oxygens (including phenoxy) is 7. The molecule has 2 bridgehead atoms. The monoisotopic (exact) mass is 490 g/mol. The lowest BCUT2D eigenvalue weighted by Crippen LogP contribution is -2.62. The Morgan fingerprint density at radius 3 is 2.09 bits per heavy atom. The van der Waals surface area contributed by atoms with Crippen LogP contribution in [0.15, 0.2) is 0 Å². The minimum Gasteiger partial charge on any atom is -0.463 e. The molecule has 0 spiro atoms.